The fourth-order valence-corrected chi connectivity index (χ4v) is 2.26. The van der Waals surface area contributed by atoms with Crippen molar-refractivity contribution in [2.75, 3.05) is 0 Å². The summed E-state index contributed by atoms with van der Waals surface area (Å²) in [6.07, 6.45) is 1.29. The first-order valence-electron chi connectivity index (χ1n) is 6.11. The van der Waals surface area contributed by atoms with E-state index in [1.54, 1.807) is 12.1 Å². The second-order valence-corrected chi connectivity index (χ2v) is 7.16. The standard InChI is InChI=1S/C14H19N3O2S/c1-11-5-7-12(8-6-11)20(18,19)17-16-13(9-10-15)14(2,3)4/h5-9,16-17H,1-4H3. The molecule has 0 unspecified atom stereocenters. The molecule has 20 heavy (non-hydrogen) atoms. The Bertz CT molecular complexity index is 632. The Morgan fingerprint density at radius 2 is 1.80 bits per heavy atom. The fourth-order valence-electron chi connectivity index (χ4n) is 1.40. The molecule has 0 atom stereocenters. The van der Waals surface area contributed by atoms with E-state index in [1.165, 1.54) is 18.2 Å². The quantitative estimate of drug-likeness (QED) is 0.659. The van der Waals surface area contributed by atoms with Gasteiger partial charge >= 0.3 is 0 Å². The van der Waals surface area contributed by atoms with Gasteiger partial charge in [0.2, 0.25) is 0 Å². The molecule has 0 saturated heterocycles. The largest absolute Gasteiger partial charge is 0.311 e. The number of benzene rings is 1. The van der Waals surface area contributed by atoms with Crippen molar-refractivity contribution >= 4 is 10.0 Å². The van der Waals surface area contributed by atoms with Crippen LogP contribution in [0.3, 0.4) is 0 Å². The van der Waals surface area contributed by atoms with Crippen LogP contribution in [0.5, 0.6) is 0 Å². The highest BCUT2D eigenvalue weighted by atomic mass is 32.2. The lowest BCUT2D eigenvalue weighted by molar-refractivity contribution is 0.450. The Hall–Kier alpha value is -1.84. The predicted octanol–water partition coefficient (Wildman–Crippen LogP) is 2.23. The van der Waals surface area contributed by atoms with Gasteiger partial charge in [-0.1, -0.05) is 38.5 Å². The maximum absolute atomic E-state index is 12.1. The van der Waals surface area contributed by atoms with E-state index in [-0.39, 0.29) is 10.3 Å². The van der Waals surface area contributed by atoms with Gasteiger partial charge in [0, 0.05) is 17.2 Å². The van der Waals surface area contributed by atoms with E-state index in [0.29, 0.717) is 5.70 Å². The van der Waals surface area contributed by atoms with Crippen molar-refractivity contribution < 1.29 is 8.42 Å². The molecule has 1 aromatic rings. The molecule has 1 rings (SSSR count). The van der Waals surface area contributed by atoms with Crippen LogP contribution in [0.4, 0.5) is 0 Å². The molecule has 0 aliphatic carbocycles. The van der Waals surface area contributed by atoms with Crippen LogP contribution in [0.2, 0.25) is 0 Å². The normalized spacial score (nSPS) is 12.8. The van der Waals surface area contributed by atoms with Crippen molar-refractivity contribution in [1.29, 1.82) is 5.26 Å². The van der Waals surface area contributed by atoms with Gasteiger partial charge in [0.15, 0.2) is 0 Å². The molecule has 1 aromatic carbocycles. The molecule has 0 aliphatic rings. The number of nitrogens with zero attached hydrogens (tertiary/aromatic N) is 1. The molecule has 6 heteroatoms. The second kappa shape index (κ2) is 6.07. The minimum atomic E-state index is -3.66. The highest BCUT2D eigenvalue weighted by Crippen LogP contribution is 2.22. The summed E-state index contributed by atoms with van der Waals surface area (Å²) in [7, 11) is -3.66. The smallest absolute Gasteiger partial charge is 0.257 e. The minimum Gasteiger partial charge on any atom is -0.311 e. The Labute approximate surface area is 120 Å². The molecule has 0 radical (unpaired) electrons. The third-order valence-electron chi connectivity index (χ3n) is 2.67. The Morgan fingerprint density at radius 3 is 2.25 bits per heavy atom. The van der Waals surface area contributed by atoms with Crippen LogP contribution in [0.1, 0.15) is 26.3 Å². The van der Waals surface area contributed by atoms with Crippen LogP contribution >= 0.6 is 0 Å². The summed E-state index contributed by atoms with van der Waals surface area (Å²) in [5, 5.41) is 8.73. The van der Waals surface area contributed by atoms with Gasteiger partial charge < -0.3 is 5.43 Å². The molecule has 0 aromatic heterocycles. The zero-order valence-corrected chi connectivity index (χ0v) is 12.9. The van der Waals surface area contributed by atoms with E-state index in [0.717, 1.165) is 5.56 Å². The number of hydrazine groups is 1. The van der Waals surface area contributed by atoms with Crippen molar-refractivity contribution in [2.24, 2.45) is 5.41 Å². The number of nitrogens with one attached hydrogen (secondary N) is 2. The van der Waals surface area contributed by atoms with Crippen LogP contribution in [0.25, 0.3) is 0 Å². The van der Waals surface area contributed by atoms with Gasteiger partial charge in [-0.3, -0.25) is 0 Å². The van der Waals surface area contributed by atoms with Crippen molar-refractivity contribution in [3.8, 4) is 6.07 Å². The van der Waals surface area contributed by atoms with Crippen LogP contribution in [0.15, 0.2) is 40.9 Å². The lowest BCUT2D eigenvalue weighted by Crippen LogP contribution is -2.40. The van der Waals surface area contributed by atoms with Crippen LogP contribution < -0.4 is 10.3 Å². The number of aryl methyl sites for hydroxylation is 1. The van der Waals surface area contributed by atoms with Crippen molar-refractivity contribution in [3.63, 3.8) is 0 Å². The molecule has 0 spiro atoms. The first-order valence-corrected chi connectivity index (χ1v) is 7.60. The van der Waals surface area contributed by atoms with E-state index in [9.17, 15) is 8.42 Å². The predicted molar refractivity (Wildman–Crippen MR) is 77.8 cm³/mol. The summed E-state index contributed by atoms with van der Waals surface area (Å²) < 4.78 is 24.2. The second-order valence-electron chi connectivity index (χ2n) is 5.48. The molecular weight excluding hydrogens is 274 g/mol. The van der Waals surface area contributed by atoms with Crippen molar-refractivity contribution in [3.05, 3.63) is 41.6 Å². The van der Waals surface area contributed by atoms with Crippen LogP contribution in [-0.2, 0) is 10.0 Å². The van der Waals surface area contributed by atoms with E-state index in [2.05, 4.69) is 10.3 Å². The molecule has 0 fully saturated rings. The average molecular weight is 293 g/mol. The molecule has 0 bridgehead atoms. The molecule has 5 nitrogen and oxygen atoms in total. The first kappa shape index (κ1) is 16.2. The van der Waals surface area contributed by atoms with Crippen molar-refractivity contribution in [2.45, 2.75) is 32.6 Å². The van der Waals surface area contributed by atoms with Gasteiger partial charge in [0.25, 0.3) is 10.0 Å². The SMILES string of the molecule is Cc1ccc(S(=O)(=O)NNC(=CC#N)C(C)(C)C)cc1. The number of hydrogen-bond acceptors (Lipinski definition) is 4. The molecule has 0 saturated carbocycles. The number of rotatable bonds is 4. The highest BCUT2D eigenvalue weighted by Gasteiger charge is 2.20. The Balaban J connectivity index is 2.90. The summed E-state index contributed by atoms with van der Waals surface area (Å²) in [5.74, 6) is 0. The summed E-state index contributed by atoms with van der Waals surface area (Å²) >= 11 is 0. The molecule has 0 aliphatic heterocycles. The monoisotopic (exact) mass is 293 g/mol. The highest BCUT2D eigenvalue weighted by molar-refractivity contribution is 7.89. The average Bonchev–Trinajstić information content (AvgIpc) is 2.33. The van der Waals surface area contributed by atoms with Crippen LogP contribution in [-0.4, -0.2) is 8.42 Å². The Kier molecular flexibility index (Phi) is 4.93. The maximum atomic E-state index is 12.1. The molecule has 2 N–H and O–H groups in total. The Morgan fingerprint density at radius 1 is 1.25 bits per heavy atom. The summed E-state index contributed by atoms with van der Waals surface area (Å²) in [5.41, 5.74) is 3.72. The summed E-state index contributed by atoms with van der Waals surface area (Å²) in [4.78, 5) is 2.46. The fraction of sp³-hybridized carbons (Fsp3) is 0.357. The number of allylic oxidation sites excluding steroid dienone is 2. The molecule has 108 valence electrons. The number of sulfonamides is 1. The number of hydrogen-bond donors (Lipinski definition) is 2. The van der Waals surface area contributed by atoms with E-state index < -0.39 is 10.0 Å². The van der Waals surface area contributed by atoms with Gasteiger partial charge in [-0.15, -0.1) is 4.83 Å². The van der Waals surface area contributed by atoms with Gasteiger partial charge in [-0.25, -0.2) is 8.42 Å². The number of nitriles is 1. The maximum Gasteiger partial charge on any atom is 0.257 e. The van der Waals surface area contributed by atoms with E-state index >= 15 is 0 Å². The van der Waals surface area contributed by atoms with E-state index in [1.807, 2.05) is 33.8 Å². The van der Waals surface area contributed by atoms with Crippen molar-refractivity contribution in [1.82, 2.24) is 10.3 Å². The lowest BCUT2D eigenvalue weighted by Gasteiger charge is -2.23. The lowest BCUT2D eigenvalue weighted by atomic mass is 9.92. The van der Waals surface area contributed by atoms with Gasteiger partial charge in [-0.2, -0.15) is 5.26 Å². The molecular formula is C14H19N3O2S. The topological polar surface area (TPSA) is 82.0 Å². The van der Waals surface area contributed by atoms with Gasteiger partial charge in [0.05, 0.1) is 11.0 Å². The third-order valence-corrected chi connectivity index (χ3v) is 3.93. The van der Waals surface area contributed by atoms with E-state index in [4.69, 9.17) is 5.26 Å². The zero-order chi connectivity index (χ0) is 15.4. The zero-order valence-electron chi connectivity index (χ0n) is 12.1. The van der Waals surface area contributed by atoms with Gasteiger partial charge in [-0.05, 0) is 19.1 Å². The first-order chi connectivity index (χ1) is 9.16. The summed E-state index contributed by atoms with van der Waals surface area (Å²) in [6.45, 7) is 7.52. The van der Waals surface area contributed by atoms with Crippen LogP contribution in [0, 0.1) is 23.7 Å². The van der Waals surface area contributed by atoms with Gasteiger partial charge in [0.1, 0.15) is 0 Å². The summed E-state index contributed by atoms with van der Waals surface area (Å²) in [6, 6.07) is 8.42. The molecule has 0 heterocycles. The molecule has 0 amide bonds. The minimum absolute atomic E-state index is 0.167. The third kappa shape index (κ3) is 4.37.